The van der Waals surface area contributed by atoms with Crippen molar-refractivity contribution in [2.24, 2.45) is 0 Å². The summed E-state index contributed by atoms with van der Waals surface area (Å²) in [6.45, 7) is 2.82. The zero-order valence-corrected chi connectivity index (χ0v) is 27.9. The second kappa shape index (κ2) is 14.6. The van der Waals surface area contributed by atoms with E-state index in [0.717, 1.165) is 17.1 Å². The predicted octanol–water partition coefficient (Wildman–Crippen LogP) is 8.76. The first kappa shape index (κ1) is 34.5. The van der Waals surface area contributed by atoms with Crippen LogP contribution >= 0.6 is 0 Å². The maximum atomic E-state index is 15.1. The Bertz CT molecular complexity index is 2150. The van der Waals surface area contributed by atoms with Crippen molar-refractivity contribution in [2.45, 2.75) is 13.8 Å². The number of halogens is 5. The first-order chi connectivity index (χ1) is 24.2. The Kier molecular flexibility index (Phi) is 10.1. The molecule has 0 aliphatic carbocycles. The molecule has 0 saturated heterocycles. The molecule has 0 unspecified atom stereocenters. The lowest BCUT2D eigenvalue weighted by molar-refractivity contribution is 0.205. The van der Waals surface area contributed by atoms with Crippen molar-refractivity contribution < 1.29 is 35.2 Å². The number of hydrogen-bond acceptors (Lipinski definition) is 5. The van der Waals surface area contributed by atoms with E-state index < -0.39 is 48.5 Å². The van der Waals surface area contributed by atoms with Gasteiger partial charge in [0, 0.05) is 41.7 Å². The van der Waals surface area contributed by atoms with Gasteiger partial charge in [0.15, 0.2) is 23.3 Å². The first-order valence-corrected chi connectivity index (χ1v) is 17.6. The Hall–Kier alpha value is -5.36. The number of benzene rings is 5. The third-order valence-corrected chi connectivity index (χ3v) is 11.6. The number of para-hydroxylation sites is 2. The van der Waals surface area contributed by atoms with Crippen LogP contribution in [0, 0.1) is 29.1 Å². The maximum Gasteiger partial charge on any atom is 0.413 e. The fraction of sp³-hybridized carbons (Fsp3) is 0.103. The van der Waals surface area contributed by atoms with Crippen molar-refractivity contribution in [3.8, 4) is 0 Å². The van der Waals surface area contributed by atoms with E-state index in [1.165, 1.54) is 26.0 Å². The van der Waals surface area contributed by atoms with E-state index in [2.05, 4.69) is 4.90 Å². The molecule has 0 aliphatic heterocycles. The van der Waals surface area contributed by atoms with Crippen LogP contribution in [0.4, 0.5) is 39.0 Å². The van der Waals surface area contributed by atoms with Gasteiger partial charge in [-0.2, -0.15) is 0 Å². The fourth-order valence-corrected chi connectivity index (χ4v) is 8.98. The molecule has 0 atom stereocenters. The van der Waals surface area contributed by atoms with Gasteiger partial charge >= 0.3 is 14.2 Å². The van der Waals surface area contributed by atoms with Crippen molar-refractivity contribution in [3.63, 3.8) is 0 Å². The Morgan fingerprint density at radius 2 is 1.18 bits per heavy atom. The molecule has 0 fully saturated rings. The van der Waals surface area contributed by atoms with Crippen LogP contribution in [0.25, 0.3) is 23.1 Å². The van der Waals surface area contributed by atoms with Gasteiger partial charge in [0.25, 0.3) is 0 Å². The van der Waals surface area contributed by atoms with Crippen molar-refractivity contribution >= 4 is 59.1 Å². The van der Waals surface area contributed by atoms with Crippen molar-refractivity contribution in [3.05, 3.63) is 160 Å². The van der Waals surface area contributed by atoms with E-state index in [-0.39, 0.29) is 24.0 Å². The molecule has 6 rings (SSSR count). The topological polar surface area (TPSA) is 51.9 Å². The SMILES string of the molecule is CCO[Si](OCC)(c1ccc(C=Cc2cc3ccc(N(c4ccccc4)c4ccccc4)cc3oc2=O)cc1)c1c(F)c(F)c(F)c(F)c1F. The molecule has 0 N–H and O–H groups in total. The fourth-order valence-electron chi connectivity index (χ4n) is 5.77. The highest BCUT2D eigenvalue weighted by molar-refractivity contribution is 6.92. The lowest BCUT2D eigenvalue weighted by atomic mass is 10.1. The minimum atomic E-state index is -4.42. The highest BCUT2D eigenvalue weighted by Crippen LogP contribution is 2.35. The van der Waals surface area contributed by atoms with Gasteiger partial charge in [0.2, 0.25) is 5.82 Å². The van der Waals surface area contributed by atoms with Gasteiger partial charge in [0.1, 0.15) is 5.58 Å². The van der Waals surface area contributed by atoms with E-state index >= 15 is 8.78 Å². The Balaban J connectivity index is 1.32. The summed E-state index contributed by atoms with van der Waals surface area (Å²) in [6, 6.07) is 33.0. The van der Waals surface area contributed by atoms with Gasteiger partial charge in [-0.05, 0) is 73.1 Å². The average molecular weight is 700 g/mol. The zero-order valence-electron chi connectivity index (χ0n) is 26.9. The van der Waals surface area contributed by atoms with Gasteiger partial charge in [-0.3, -0.25) is 0 Å². The molecule has 11 heteroatoms. The van der Waals surface area contributed by atoms with Crippen LogP contribution in [0.5, 0.6) is 0 Å². The van der Waals surface area contributed by atoms with Crippen LogP contribution in [0.2, 0.25) is 0 Å². The summed E-state index contributed by atoms with van der Waals surface area (Å²) in [6.07, 6.45) is 3.19. The Morgan fingerprint density at radius 3 is 1.72 bits per heavy atom. The third kappa shape index (κ3) is 6.50. The molecule has 50 heavy (non-hydrogen) atoms. The summed E-state index contributed by atoms with van der Waals surface area (Å²) < 4.78 is 89.9. The molecule has 5 aromatic carbocycles. The summed E-state index contributed by atoms with van der Waals surface area (Å²) in [5, 5.41) is -0.299. The Morgan fingerprint density at radius 1 is 0.640 bits per heavy atom. The number of nitrogens with zero attached hydrogens (tertiary/aromatic N) is 1. The van der Waals surface area contributed by atoms with Crippen LogP contribution in [0.3, 0.4) is 0 Å². The van der Waals surface area contributed by atoms with Crippen LogP contribution in [-0.4, -0.2) is 21.8 Å². The molecule has 6 aromatic rings. The molecule has 0 bridgehead atoms. The maximum absolute atomic E-state index is 15.1. The minimum absolute atomic E-state index is 0.122. The highest BCUT2D eigenvalue weighted by Gasteiger charge is 2.49. The quantitative estimate of drug-likeness (QED) is 0.0445. The van der Waals surface area contributed by atoms with E-state index in [0.29, 0.717) is 16.5 Å². The molecule has 0 radical (unpaired) electrons. The van der Waals surface area contributed by atoms with Crippen molar-refractivity contribution in [1.82, 2.24) is 0 Å². The molecular weight excluding hydrogens is 670 g/mol. The molecule has 0 saturated carbocycles. The molecular formula is C39H30F5NO4Si. The molecule has 0 amide bonds. The van der Waals surface area contributed by atoms with Crippen LogP contribution in [-0.2, 0) is 8.85 Å². The normalized spacial score (nSPS) is 11.8. The van der Waals surface area contributed by atoms with E-state index in [4.69, 9.17) is 13.3 Å². The molecule has 5 nitrogen and oxygen atoms in total. The van der Waals surface area contributed by atoms with Crippen molar-refractivity contribution in [1.29, 1.82) is 0 Å². The second-order valence-corrected chi connectivity index (χ2v) is 14.0. The van der Waals surface area contributed by atoms with E-state index in [9.17, 15) is 18.0 Å². The van der Waals surface area contributed by atoms with Crippen LogP contribution in [0.15, 0.2) is 118 Å². The summed E-state index contributed by atoms with van der Waals surface area (Å²) in [7, 11) is -4.42. The van der Waals surface area contributed by atoms with Gasteiger partial charge in [-0.15, -0.1) is 0 Å². The van der Waals surface area contributed by atoms with Gasteiger partial charge in [-0.25, -0.2) is 26.7 Å². The average Bonchev–Trinajstić information content (AvgIpc) is 3.13. The standard InChI is InChI=1S/C39H30F5NO4Si/c1-3-47-50(48-4-2,38-36(43)34(41)33(40)35(42)37(38)44)31-21-16-25(17-22-31)15-18-27-23-26-19-20-30(24-32(26)49-39(27)46)45(28-11-7-5-8-12-28)29-13-9-6-10-14-29/h5-24H,3-4H2,1-2H3. The number of rotatable bonds is 11. The summed E-state index contributed by atoms with van der Waals surface area (Å²) in [4.78, 5) is 15.1. The third-order valence-electron chi connectivity index (χ3n) is 8.01. The minimum Gasteiger partial charge on any atom is -0.422 e. The number of anilines is 3. The predicted molar refractivity (Wildman–Crippen MR) is 187 cm³/mol. The molecule has 254 valence electrons. The highest BCUT2D eigenvalue weighted by atomic mass is 28.4. The lowest BCUT2D eigenvalue weighted by Crippen LogP contribution is -2.66. The van der Waals surface area contributed by atoms with Gasteiger partial charge < -0.3 is 18.2 Å². The van der Waals surface area contributed by atoms with Crippen LogP contribution < -0.4 is 20.9 Å². The molecule has 1 aromatic heterocycles. The smallest absolute Gasteiger partial charge is 0.413 e. The number of fused-ring (bicyclic) bond motifs is 1. The summed E-state index contributed by atoms with van der Waals surface area (Å²) in [5.41, 5.74) is 3.32. The van der Waals surface area contributed by atoms with E-state index in [1.807, 2.05) is 72.8 Å². The first-order valence-electron chi connectivity index (χ1n) is 15.7. The van der Waals surface area contributed by atoms with Gasteiger partial charge in [-0.1, -0.05) is 66.7 Å². The molecule has 0 spiro atoms. The van der Waals surface area contributed by atoms with Crippen molar-refractivity contribution in [2.75, 3.05) is 18.1 Å². The monoisotopic (exact) mass is 699 g/mol. The van der Waals surface area contributed by atoms with Crippen LogP contribution in [0.1, 0.15) is 25.0 Å². The summed E-state index contributed by atoms with van der Waals surface area (Å²) in [5.74, 6) is -10.4. The van der Waals surface area contributed by atoms with E-state index in [1.54, 1.807) is 36.4 Å². The molecule has 0 aliphatic rings. The largest absolute Gasteiger partial charge is 0.422 e. The zero-order chi connectivity index (χ0) is 35.4. The van der Waals surface area contributed by atoms with Gasteiger partial charge in [0.05, 0.1) is 10.8 Å². The lowest BCUT2D eigenvalue weighted by Gasteiger charge is -2.31. The summed E-state index contributed by atoms with van der Waals surface area (Å²) >= 11 is 0. The second-order valence-electron chi connectivity index (χ2n) is 11.1. The molecule has 1 heterocycles. The Labute approximate surface area is 285 Å². The number of hydrogen-bond donors (Lipinski definition) is 0.